The Hall–Kier alpha value is -1.75. The van der Waals surface area contributed by atoms with Gasteiger partial charge in [-0.2, -0.15) is 0 Å². The van der Waals surface area contributed by atoms with Crippen LogP contribution >= 0.6 is 0 Å². The molecule has 0 aromatic heterocycles. The molecule has 110 valence electrons. The van der Waals surface area contributed by atoms with Crippen molar-refractivity contribution in [2.75, 3.05) is 26.0 Å². The van der Waals surface area contributed by atoms with Gasteiger partial charge in [0.05, 0.1) is 24.5 Å². The number of amides is 1. The van der Waals surface area contributed by atoms with E-state index in [1.165, 1.54) is 13.5 Å². The van der Waals surface area contributed by atoms with Gasteiger partial charge in [0.2, 0.25) is 0 Å². The zero-order valence-electron chi connectivity index (χ0n) is 11.9. The Morgan fingerprint density at radius 3 is 3.05 bits per heavy atom. The van der Waals surface area contributed by atoms with E-state index in [4.69, 9.17) is 15.2 Å². The second-order valence-corrected chi connectivity index (χ2v) is 4.95. The van der Waals surface area contributed by atoms with Gasteiger partial charge in [-0.3, -0.25) is 4.79 Å². The number of benzene rings is 1. The molecule has 5 nitrogen and oxygen atoms in total. The number of ether oxygens (including phenoxy) is 2. The molecule has 0 aliphatic carbocycles. The van der Waals surface area contributed by atoms with Gasteiger partial charge in [-0.15, -0.1) is 0 Å². The Bertz CT molecular complexity index is 456. The van der Waals surface area contributed by atoms with Crippen molar-refractivity contribution in [2.24, 2.45) is 0 Å². The third-order valence-electron chi connectivity index (χ3n) is 3.56. The highest BCUT2D eigenvalue weighted by Crippen LogP contribution is 2.24. The van der Waals surface area contributed by atoms with E-state index in [0.717, 1.165) is 25.9 Å². The zero-order valence-corrected chi connectivity index (χ0v) is 11.9. The standard InChI is InChI=1S/C15H22N2O3/c1-19-13-7-4-6-12(14(13)16)15(18)17-9-8-11-5-2-3-10-20-11/h4,6-7,11H,2-3,5,8-10,16H2,1H3,(H,17,18). The van der Waals surface area contributed by atoms with Gasteiger partial charge in [0, 0.05) is 13.2 Å². The topological polar surface area (TPSA) is 73.6 Å². The predicted octanol–water partition coefficient (Wildman–Crippen LogP) is 1.97. The monoisotopic (exact) mass is 278 g/mol. The Labute approximate surface area is 119 Å². The molecular weight excluding hydrogens is 256 g/mol. The van der Waals surface area contributed by atoms with E-state index in [-0.39, 0.29) is 12.0 Å². The molecule has 20 heavy (non-hydrogen) atoms. The van der Waals surface area contributed by atoms with Crippen LogP contribution in [0.5, 0.6) is 5.75 Å². The fourth-order valence-corrected chi connectivity index (χ4v) is 2.40. The lowest BCUT2D eigenvalue weighted by Crippen LogP contribution is -2.29. The molecular formula is C15H22N2O3. The van der Waals surface area contributed by atoms with Gasteiger partial charge < -0.3 is 20.5 Å². The molecule has 3 N–H and O–H groups in total. The van der Waals surface area contributed by atoms with Gasteiger partial charge in [-0.05, 0) is 37.8 Å². The average molecular weight is 278 g/mol. The summed E-state index contributed by atoms with van der Waals surface area (Å²) in [5.74, 6) is 0.352. The van der Waals surface area contributed by atoms with E-state index in [9.17, 15) is 4.79 Å². The van der Waals surface area contributed by atoms with Crippen molar-refractivity contribution in [3.63, 3.8) is 0 Å². The Balaban J connectivity index is 1.85. The summed E-state index contributed by atoms with van der Waals surface area (Å²) in [6.07, 6.45) is 4.55. The first-order valence-electron chi connectivity index (χ1n) is 7.04. The maximum absolute atomic E-state index is 12.1. The second-order valence-electron chi connectivity index (χ2n) is 4.95. The molecule has 1 atom stereocenters. The van der Waals surface area contributed by atoms with E-state index >= 15 is 0 Å². The number of carbonyl (C=O) groups excluding carboxylic acids is 1. The van der Waals surface area contributed by atoms with Crippen LogP contribution in [0.2, 0.25) is 0 Å². The minimum atomic E-state index is -0.169. The molecule has 0 saturated carbocycles. The van der Waals surface area contributed by atoms with Crippen molar-refractivity contribution < 1.29 is 14.3 Å². The van der Waals surface area contributed by atoms with Crippen molar-refractivity contribution in [3.8, 4) is 5.75 Å². The van der Waals surface area contributed by atoms with Gasteiger partial charge in [0.1, 0.15) is 5.75 Å². The molecule has 1 aliphatic rings. The summed E-state index contributed by atoms with van der Waals surface area (Å²) in [4.78, 5) is 12.1. The first-order valence-corrected chi connectivity index (χ1v) is 7.04. The molecule has 1 aromatic rings. The normalized spacial score (nSPS) is 18.6. The number of methoxy groups -OCH3 is 1. The first kappa shape index (κ1) is 14.7. The summed E-state index contributed by atoms with van der Waals surface area (Å²) in [6.45, 7) is 1.43. The lowest BCUT2D eigenvalue weighted by Gasteiger charge is -2.22. The Morgan fingerprint density at radius 2 is 2.35 bits per heavy atom. The fourth-order valence-electron chi connectivity index (χ4n) is 2.40. The fraction of sp³-hybridized carbons (Fsp3) is 0.533. The van der Waals surface area contributed by atoms with Crippen LogP contribution in [0.3, 0.4) is 0 Å². The van der Waals surface area contributed by atoms with E-state index in [2.05, 4.69) is 5.32 Å². The Morgan fingerprint density at radius 1 is 1.50 bits per heavy atom. The highest BCUT2D eigenvalue weighted by molar-refractivity contribution is 6.00. The van der Waals surface area contributed by atoms with Crippen LogP contribution in [-0.4, -0.2) is 32.3 Å². The number of hydrogen-bond acceptors (Lipinski definition) is 4. The lowest BCUT2D eigenvalue weighted by molar-refractivity contribution is 0.0117. The van der Waals surface area contributed by atoms with Crippen LogP contribution in [0.1, 0.15) is 36.0 Å². The van der Waals surface area contributed by atoms with Crippen LogP contribution in [0.25, 0.3) is 0 Å². The van der Waals surface area contributed by atoms with Crippen molar-refractivity contribution in [1.82, 2.24) is 5.32 Å². The van der Waals surface area contributed by atoms with E-state index < -0.39 is 0 Å². The van der Waals surface area contributed by atoms with Crippen LogP contribution in [-0.2, 0) is 4.74 Å². The average Bonchev–Trinajstić information content (AvgIpc) is 2.48. The molecule has 1 aliphatic heterocycles. The van der Waals surface area contributed by atoms with Crippen molar-refractivity contribution in [1.29, 1.82) is 0 Å². The number of anilines is 1. The number of rotatable bonds is 5. The van der Waals surface area contributed by atoms with Gasteiger partial charge in [0.25, 0.3) is 5.91 Å². The molecule has 1 fully saturated rings. The van der Waals surface area contributed by atoms with E-state index in [0.29, 0.717) is 23.5 Å². The number of nitrogens with one attached hydrogen (secondary N) is 1. The summed E-state index contributed by atoms with van der Waals surface area (Å²) in [7, 11) is 1.54. The summed E-state index contributed by atoms with van der Waals surface area (Å²) in [6, 6.07) is 5.20. The number of nitrogens with two attached hydrogens (primary N) is 1. The number of carbonyl (C=O) groups is 1. The molecule has 1 amide bonds. The molecule has 2 rings (SSSR count). The predicted molar refractivity (Wildman–Crippen MR) is 77.9 cm³/mol. The second kappa shape index (κ2) is 7.14. The lowest BCUT2D eigenvalue weighted by atomic mass is 10.1. The molecule has 1 heterocycles. The van der Waals surface area contributed by atoms with E-state index in [1.807, 2.05) is 0 Å². The SMILES string of the molecule is COc1cccc(C(=O)NCCC2CCCCO2)c1N. The van der Waals surface area contributed by atoms with Crippen molar-refractivity contribution in [3.05, 3.63) is 23.8 Å². The number of hydrogen-bond donors (Lipinski definition) is 2. The van der Waals surface area contributed by atoms with Crippen molar-refractivity contribution >= 4 is 11.6 Å². The molecule has 0 bridgehead atoms. The quantitative estimate of drug-likeness (QED) is 0.808. The maximum atomic E-state index is 12.1. The number of nitrogen functional groups attached to an aromatic ring is 1. The van der Waals surface area contributed by atoms with Crippen LogP contribution < -0.4 is 15.8 Å². The minimum absolute atomic E-state index is 0.169. The van der Waals surface area contributed by atoms with Crippen LogP contribution in [0, 0.1) is 0 Å². The highest BCUT2D eigenvalue weighted by Gasteiger charge is 2.15. The highest BCUT2D eigenvalue weighted by atomic mass is 16.5. The molecule has 1 unspecified atom stereocenters. The molecule has 0 spiro atoms. The van der Waals surface area contributed by atoms with Gasteiger partial charge in [0.15, 0.2) is 0 Å². The smallest absolute Gasteiger partial charge is 0.253 e. The summed E-state index contributed by atoms with van der Waals surface area (Å²) in [5, 5.41) is 2.88. The molecule has 1 aromatic carbocycles. The van der Waals surface area contributed by atoms with E-state index in [1.54, 1.807) is 18.2 Å². The molecule has 1 saturated heterocycles. The number of para-hydroxylation sites is 1. The molecule has 0 radical (unpaired) electrons. The van der Waals surface area contributed by atoms with Crippen LogP contribution in [0.15, 0.2) is 18.2 Å². The maximum Gasteiger partial charge on any atom is 0.253 e. The molecule has 5 heteroatoms. The third-order valence-corrected chi connectivity index (χ3v) is 3.56. The third kappa shape index (κ3) is 3.63. The van der Waals surface area contributed by atoms with Gasteiger partial charge >= 0.3 is 0 Å². The minimum Gasteiger partial charge on any atom is -0.495 e. The zero-order chi connectivity index (χ0) is 14.4. The van der Waals surface area contributed by atoms with Crippen LogP contribution in [0.4, 0.5) is 5.69 Å². The van der Waals surface area contributed by atoms with Crippen molar-refractivity contribution in [2.45, 2.75) is 31.8 Å². The van der Waals surface area contributed by atoms with Gasteiger partial charge in [-0.1, -0.05) is 6.07 Å². The summed E-state index contributed by atoms with van der Waals surface area (Å²) < 4.78 is 10.7. The largest absolute Gasteiger partial charge is 0.495 e. The summed E-state index contributed by atoms with van der Waals surface area (Å²) >= 11 is 0. The van der Waals surface area contributed by atoms with Gasteiger partial charge in [-0.25, -0.2) is 0 Å². The Kier molecular flexibility index (Phi) is 5.24. The summed E-state index contributed by atoms with van der Waals surface area (Å²) in [5.41, 5.74) is 6.73. The first-order chi connectivity index (χ1) is 9.72.